The summed E-state index contributed by atoms with van der Waals surface area (Å²) in [6, 6.07) is 2.70. The molecule has 3 heterocycles. The van der Waals surface area contributed by atoms with Crippen LogP contribution in [0, 0.1) is 6.92 Å². The molecule has 1 amide bonds. The van der Waals surface area contributed by atoms with Crippen LogP contribution in [0.5, 0.6) is 0 Å². The highest BCUT2D eigenvalue weighted by atomic mass is 35.5. The van der Waals surface area contributed by atoms with Crippen molar-refractivity contribution < 1.29 is 31.1 Å². The predicted octanol–water partition coefficient (Wildman–Crippen LogP) is 5.68. The molecule has 0 aliphatic rings. The number of anilines is 1. The quantitative estimate of drug-likeness (QED) is 0.359. The van der Waals surface area contributed by atoms with E-state index in [0.29, 0.717) is 30.1 Å². The maximum absolute atomic E-state index is 12.8. The van der Waals surface area contributed by atoms with Crippen molar-refractivity contribution in [3.63, 3.8) is 0 Å². The molecule has 0 saturated carbocycles. The van der Waals surface area contributed by atoms with E-state index in [9.17, 15) is 31.1 Å². The van der Waals surface area contributed by atoms with Gasteiger partial charge < -0.3 is 0 Å². The highest BCUT2D eigenvalue weighted by molar-refractivity contribution is 6.33. The fourth-order valence-corrected chi connectivity index (χ4v) is 3.04. The van der Waals surface area contributed by atoms with Crippen molar-refractivity contribution in [1.29, 1.82) is 0 Å². The Hall–Kier alpha value is -2.99. The molecule has 0 aromatic carbocycles. The van der Waals surface area contributed by atoms with Gasteiger partial charge in [-0.1, -0.05) is 23.2 Å². The molecule has 0 unspecified atom stereocenters. The molecule has 0 saturated heterocycles. The summed E-state index contributed by atoms with van der Waals surface area (Å²) in [5.74, 6) is -1.20. The second kappa shape index (κ2) is 8.51. The molecule has 3 aromatic heterocycles. The average molecular weight is 498 g/mol. The first-order valence-electron chi connectivity index (χ1n) is 8.48. The number of aromatic nitrogens is 3. The Balaban J connectivity index is 1.84. The van der Waals surface area contributed by atoms with Gasteiger partial charge in [0, 0.05) is 18.6 Å². The number of nitrogens with zero attached hydrogens (tertiary/aromatic N) is 3. The third-order valence-electron chi connectivity index (χ3n) is 4.03. The van der Waals surface area contributed by atoms with E-state index in [1.165, 1.54) is 12.3 Å². The second-order valence-corrected chi connectivity index (χ2v) is 7.25. The standard InChI is InChI=1S/C18H11Cl2F6N5O/c1-8-2-13(31(7-8)15-12(20)4-10(6-28-15)18(24,25)26)16(32)30-29-14-11(19)3-9(5-27-14)17(21,22)23/h2-7H,1H3,(H,27,29)(H,30,32). The Bertz CT molecular complexity index is 1180. The van der Waals surface area contributed by atoms with Gasteiger partial charge in [-0.25, -0.2) is 9.97 Å². The number of amides is 1. The Morgan fingerprint density at radius 3 is 2.03 bits per heavy atom. The third kappa shape index (κ3) is 5.07. The number of rotatable bonds is 4. The number of pyridine rings is 2. The number of alkyl halides is 6. The van der Waals surface area contributed by atoms with Gasteiger partial charge in [-0.3, -0.25) is 20.2 Å². The first-order valence-corrected chi connectivity index (χ1v) is 9.24. The highest BCUT2D eigenvalue weighted by Gasteiger charge is 2.33. The summed E-state index contributed by atoms with van der Waals surface area (Å²) in [5.41, 5.74) is 2.84. The minimum absolute atomic E-state index is 0.0767. The number of nitrogens with one attached hydrogen (secondary N) is 2. The molecule has 0 bridgehead atoms. The molecule has 0 spiro atoms. The number of carbonyl (C=O) groups is 1. The molecule has 0 aliphatic carbocycles. The molecule has 3 aromatic rings. The third-order valence-corrected chi connectivity index (χ3v) is 4.60. The first kappa shape index (κ1) is 23.7. The normalized spacial score (nSPS) is 12.0. The lowest BCUT2D eigenvalue weighted by atomic mass is 10.2. The molecule has 14 heteroatoms. The van der Waals surface area contributed by atoms with Crippen LogP contribution in [0.4, 0.5) is 32.2 Å². The number of aryl methyl sites for hydroxylation is 1. The van der Waals surface area contributed by atoms with Crippen molar-refractivity contribution in [3.05, 3.63) is 69.2 Å². The Morgan fingerprint density at radius 1 is 0.938 bits per heavy atom. The van der Waals surface area contributed by atoms with Crippen LogP contribution in [0.2, 0.25) is 10.0 Å². The first-order chi connectivity index (χ1) is 14.8. The lowest BCUT2D eigenvalue weighted by Crippen LogP contribution is -2.31. The average Bonchev–Trinajstić information content (AvgIpc) is 3.06. The monoisotopic (exact) mass is 497 g/mol. The molecule has 170 valence electrons. The van der Waals surface area contributed by atoms with Gasteiger partial charge in [-0.05, 0) is 30.7 Å². The van der Waals surface area contributed by atoms with E-state index < -0.39 is 34.4 Å². The predicted molar refractivity (Wildman–Crippen MR) is 104 cm³/mol. The van der Waals surface area contributed by atoms with Crippen LogP contribution in [-0.2, 0) is 12.4 Å². The van der Waals surface area contributed by atoms with Gasteiger partial charge >= 0.3 is 12.4 Å². The number of hydrazine groups is 1. The van der Waals surface area contributed by atoms with Gasteiger partial charge in [-0.15, -0.1) is 0 Å². The van der Waals surface area contributed by atoms with Gasteiger partial charge in [-0.2, -0.15) is 26.3 Å². The smallest absolute Gasteiger partial charge is 0.295 e. The zero-order valence-corrected chi connectivity index (χ0v) is 17.2. The molecule has 6 nitrogen and oxygen atoms in total. The van der Waals surface area contributed by atoms with Gasteiger partial charge in [0.05, 0.1) is 21.2 Å². The summed E-state index contributed by atoms with van der Waals surface area (Å²) < 4.78 is 77.8. The molecule has 0 aliphatic heterocycles. The molecule has 0 atom stereocenters. The van der Waals surface area contributed by atoms with Crippen molar-refractivity contribution in [2.45, 2.75) is 19.3 Å². The van der Waals surface area contributed by atoms with Gasteiger partial charge in [0.1, 0.15) is 5.69 Å². The largest absolute Gasteiger partial charge is 0.417 e. The van der Waals surface area contributed by atoms with E-state index in [1.54, 1.807) is 6.92 Å². The Morgan fingerprint density at radius 2 is 1.50 bits per heavy atom. The van der Waals surface area contributed by atoms with Gasteiger partial charge in [0.2, 0.25) is 0 Å². The van der Waals surface area contributed by atoms with E-state index in [2.05, 4.69) is 20.8 Å². The zero-order chi connectivity index (χ0) is 23.8. The lowest BCUT2D eigenvalue weighted by molar-refractivity contribution is -0.138. The number of halogens is 8. The van der Waals surface area contributed by atoms with Crippen LogP contribution < -0.4 is 10.9 Å². The second-order valence-electron chi connectivity index (χ2n) is 6.43. The molecule has 32 heavy (non-hydrogen) atoms. The lowest BCUT2D eigenvalue weighted by Gasteiger charge is -2.14. The summed E-state index contributed by atoms with van der Waals surface area (Å²) in [7, 11) is 0. The fraction of sp³-hybridized carbons (Fsp3) is 0.167. The summed E-state index contributed by atoms with van der Waals surface area (Å²) in [5, 5.41) is -0.760. The summed E-state index contributed by atoms with van der Waals surface area (Å²) in [6.45, 7) is 1.62. The summed E-state index contributed by atoms with van der Waals surface area (Å²) in [6.07, 6.45) is -6.79. The van der Waals surface area contributed by atoms with E-state index in [0.717, 1.165) is 4.57 Å². The summed E-state index contributed by atoms with van der Waals surface area (Å²) >= 11 is 11.7. The minimum Gasteiger partial charge on any atom is -0.295 e. The number of hydrogen-bond donors (Lipinski definition) is 2. The van der Waals surface area contributed by atoms with E-state index in [4.69, 9.17) is 23.2 Å². The molecular formula is C18H11Cl2F6N5O. The van der Waals surface area contributed by atoms with Crippen molar-refractivity contribution in [2.24, 2.45) is 0 Å². The topological polar surface area (TPSA) is 71.8 Å². The van der Waals surface area contributed by atoms with Crippen molar-refractivity contribution in [3.8, 4) is 5.82 Å². The van der Waals surface area contributed by atoms with Crippen LogP contribution in [0.1, 0.15) is 27.2 Å². The fourth-order valence-electron chi connectivity index (χ4n) is 2.57. The Kier molecular flexibility index (Phi) is 6.29. The molecule has 2 N–H and O–H groups in total. The molecule has 0 fully saturated rings. The number of carbonyl (C=O) groups excluding carboxylic acids is 1. The van der Waals surface area contributed by atoms with Gasteiger partial charge in [0.25, 0.3) is 5.91 Å². The van der Waals surface area contributed by atoms with E-state index in [1.807, 2.05) is 0 Å². The summed E-state index contributed by atoms with van der Waals surface area (Å²) in [4.78, 5) is 19.8. The van der Waals surface area contributed by atoms with Crippen LogP contribution in [0.15, 0.2) is 36.8 Å². The van der Waals surface area contributed by atoms with Crippen molar-refractivity contribution >= 4 is 34.9 Å². The van der Waals surface area contributed by atoms with Crippen LogP contribution in [0.3, 0.4) is 0 Å². The van der Waals surface area contributed by atoms with Crippen LogP contribution in [0.25, 0.3) is 5.82 Å². The Labute approximate surface area is 186 Å². The zero-order valence-electron chi connectivity index (χ0n) is 15.7. The SMILES string of the molecule is Cc1cc(C(=O)NNc2ncc(C(F)(F)F)cc2Cl)n(-c2ncc(C(F)(F)F)cc2Cl)c1. The maximum atomic E-state index is 12.8. The molecule has 3 rings (SSSR count). The molecule has 0 radical (unpaired) electrons. The van der Waals surface area contributed by atoms with E-state index >= 15 is 0 Å². The minimum atomic E-state index is -4.65. The van der Waals surface area contributed by atoms with Crippen molar-refractivity contribution in [2.75, 3.05) is 5.43 Å². The highest BCUT2D eigenvalue weighted by Crippen LogP contribution is 2.33. The van der Waals surface area contributed by atoms with Crippen molar-refractivity contribution in [1.82, 2.24) is 20.0 Å². The van der Waals surface area contributed by atoms with Crippen LogP contribution >= 0.6 is 23.2 Å². The van der Waals surface area contributed by atoms with Gasteiger partial charge in [0.15, 0.2) is 11.6 Å². The van der Waals surface area contributed by atoms with Crippen LogP contribution in [-0.4, -0.2) is 20.4 Å². The maximum Gasteiger partial charge on any atom is 0.417 e. The van der Waals surface area contributed by atoms with E-state index in [-0.39, 0.29) is 22.4 Å². The number of hydrogen-bond acceptors (Lipinski definition) is 4. The molecular weight excluding hydrogens is 487 g/mol.